The number of esters is 1. The van der Waals surface area contributed by atoms with Gasteiger partial charge in [-0.15, -0.1) is 0 Å². The molecular formula is C14H23NO4. The summed E-state index contributed by atoms with van der Waals surface area (Å²) >= 11 is 0. The summed E-state index contributed by atoms with van der Waals surface area (Å²) < 4.78 is 9.95. The lowest BCUT2D eigenvalue weighted by Crippen LogP contribution is -2.57. The summed E-state index contributed by atoms with van der Waals surface area (Å²) in [7, 11) is 1.34. The van der Waals surface area contributed by atoms with Gasteiger partial charge in [-0.25, -0.2) is 9.59 Å². The number of hydrogen-bond donors (Lipinski definition) is 1. The molecule has 0 aromatic rings. The first-order chi connectivity index (χ1) is 8.73. The van der Waals surface area contributed by atoms with Gasteiger partial charge >= 0.3 is 12.1 Å². The fourth-order valence-electron chi connectivity index (χ4n) is 3.13. The zero-order valence-electron chi connectivity index (χ0n) is 12.1. The zero-order valence-corrected chi connectivity index (χ0v) is 12.1. The molecule has 0 radical (unpaired) electrons. The number of amides is 1. The van der Waals surface area contributed by atoms with E-state index in [9.17, 15) is 9.59 Å². The van der Waals surface area contributed by atoms with E-state index in [1.54, 1.807) is 20.8 Å². The highest BCUT2D eigenvalue weighted by Gasteiger charge is 2.57. The number of rotatable bonds is 4. The fourth-order valence-corrected chi connectivity index (χ4v) is 3.13. The van der Waals surface area contributed by atoms with Crippen LogP contribution in [0.2, 0.25) is 0 Å². The Labute approximate surface area is 114 Å². The van der Waals surface area contributed by atoms with Crippen LogP contribution in [0.3, 0.4) is 0 Å². The van der Waals surface area contributed by atoms with Crippen LogP contribution in [0.4, 0.5) is 4.79 Å². The maximum Gasteiger partial charge on any atom is 0.408 e. The normalized spacial score (nSPS) is 29.6. The molecule has 0 unspecified atom stereocenters. The lowest BCUT2D eigenvalue weighted by atomic mass is 9.43. The Morgan fingerprint density at radius 3 is 2.26 bits per heavy atom. The number of alkyl carbamates (subject to hydrolysis) is 1. The van der Waals surface area contributed by atoms with Crippen molar-refractivity contribution in [1.82, 2.24) is 5.32 Å². The third-order valence-electron chi connectivity index (χ3n) is 3.98. The molecule has 0 aromatic carbocycles. The van der Waals surface area contributed by atoms with Crippen LogP contribution in [0.1, 0.15) is 46.5 Å². The maximum absolute atomic E-state index is 11.8. The molecule has 3 fully saturated rings. The number of hydrogen-bond acceptors (Lipinski definition) is 4. The molecule has 5 heteroatoms. The molecule has 3 aliphatic carbocycles. The van der Waals surface area contributed by atoms with Crippen LogP contribution in [0, 0.1) is 11.3 Å². The summed E-state index contributed by atoms with van der Waals surface area (Å²) in [6.45, 7) is 5.38. The molecule has 19 heavy (non-hydrogen) atoms. The van der Waals surface area contributed by atoms with Crippen LogP contribution in [0.5, 0.6) is 0 Å². The minimum Gasteiger partial charge on any atom is -0.467 e. The SMILES string of the molecule is COC(=O)[C@H](CC12CC(C1)C2)NC(=O)OC(C)(C)C. The number of carbonyl (C=O) groups is 2. The van der Waals surface area contributed by atoms with Crippen molar-refractivity contribution < 1.29 is 19.1 Å². The van der Waals surface area contributed by atoms with Gasteiger partial charge in [0.15, 0.2) is 0 Å². The van der Waals surface area contributed by atoms with Gasteiger partial charge in [-0.1, -0.05) is 0 Å². The Morgan fingerprint density at radius 1 is 1.32 bits per heavy atom. The van der Waals surface area contributed by atoms with Crippen LogP contribution in [0.15, 0.2) is 0 Å². The second-order valence-corrected chi connectivity index (χ2v) is 6.90. The summed E-state index contributed by atoms with van der Waals surface area (Å²) in [6.07, 6.45) is 3.63. The standard InChI is InChI=1S/C14H23NO4/c1-13(2,3)19-12(17)15-10(11(16)18-4)8-14-5-9(6-14)7-14/h9-10H,5-8H2,1-4H3,(H,15,17)/t9?,10-,14?/m0/s1. The number of carbonyl (C=O) groups excluding carboxylic acids is 2. The van der Waals surface area contributed by atoms with Gasteiger partial charge in [-0.3, -0.25) is 0 Å². The molecule has 0 aromatic heterocycles. The van der Waals surface area contributed by atoms with Gasteiger partial charge in [0.25, 0.3) is 0 Å². The highest BCUT2D eigenvalue weighted by molar-refractivity contribution is 5.81. The van der Waals surface area contributed by atoms with Crippen LogP contribution >= 0.6 is 0 Å². The molecule has 3 aliphatic rings. The summed E-state index contributed by atoms with van der Waals surface area (Å²) in [4.78, 5) is 23.5. The van der Waals surface area contributed by atoms with E-state index in [0.717, 1.165) is 5.92 Å². The van der Waals surface area contributed by atoms with E-state index in [0.29, 0.717) is 6.42 Å². The summed E-state index contributed by atoms with van der Waals surface area (Å²) in [5.74, 6) is 0.454. The predicted molar refractivity (Wildman–Crippen MR) is 69.6 cm³/mol. The lowest BCUT2D eigenvalue weighted by Gasteiger charge is -2.62. The first-order valence-corrected chi connectivity index (χ1v) is 6.80. The number of nitrogens with one attached hydrogen (secondary N) is 1. The van der Waals surface area contributed by atoms with Crippen molar-refractivity contribution in [3.63, 3.8) is 0 Å². The summed E-state index contributed by atoms with van der Waals surface area (Å²) in [5.41, 5.74) is -0.306. The fraction of sp³-hybridized carbons (Fsp3) is 0.857. The topological polar surface area (TPSA) is 64.6 Å². The Morgan fingerprint density at radius 2 is 1.89 bits per heavy atom. The number of ether oxygens (including phenoxy) is 2. The maximum atomic E-state index is 11.8. The van der Waals surface area contributed by atoms with Gasteiger partial charge in [-0.2, -0.15) is 0 Å². The van der Waals surface area contributed by atoms with Crippen LogP contribution in [-0.4, -0.2) is 30.8 Å². The molecule has 1 N–H and O–H groups in total. The zero-order chi connectivity index (χ0) is 14.3. The van der Waals surface area contributed by atoms with Crippen LogP contribution < -0.4 is 5.32 Å². The van der Waals surface area contributed by atoms with E-state index < -0.39 is 23.7 Å². The predicted octanol–water partition coefficient (Wildman–Crippen LogP) is 2.24. The number of methoxy groups -OCH3 is 1. The second-order valence-electron chi connectivity index (χ2n) is 6.90. The summed E-state index contributed by atoms with van der Waals surface area (Å²) in [6, 6.07) is -0.596. The third kappa shape index (κ3) is 3.19. The summed E-state index contributed by atoms with van der Waals surface area (Å²) in [5, 5.41) is 2.64. The van der Waals surface area contributed by atoms with Crippen LogP contribution in [-0.2, 0) is 14.3 Å². The smallest absolute Gasteiger partial charge is 0.408 e. The van der Waals surface area contributed by atoms with Gasteiger partial charge in [0.1, 0.15) is 11.6 Å². The first kappa shape index (κ1) is 14.2. The highest BCUT2D eigenvalue weighted by atomic mass is 16.6. The van der Waals surface area contributed by atoms with Gasteiger partial charge in [0, 0.05) is 0 Å². The Bertz CT molecular complexity index is 368. The van der Waals surface area contributed by atoms with E-state index in [1.807, 2.05) is 0 Å². The molecule has 5 nitrogen and oxygen atoms in total. The van der Waals surface area contributed by atoms with Crippen molar-refractivity contribution in [2.24, 2.45) is 11.3 Å². The molecule has 1 atom stereocenters. The van der Waals surface area contributed by atoms with Crippen molar-refractivity contribution in [2.75, 3.05) is 7.11 Å². The van der Waals surface area contributed by atoms with Crippen LogP contribution in [0.25, 0.3) is 0 Å². The molecule has 0 spiro atoms. The van der Waals surface area contributed by atoms with Crippen molar-refractivity contribution >= 4 is 12.1 Å². The molecule has 0 saturated heterocycles. The molecule has 3 rings (SSSR count). The Hall–Kier alpha value is -1.26. The van der Waals surface area contributed by atoms with E-state index >= 15 is 0 Å². The average molecular weight is 269 g/mol. The van der Waals surface area contributed by atoms with Gasteiger partial charge in [0.05, 0.1) is 7.11 Å². The largest absolute Gasteiger partial charge is 0.467 e. The van der Waals surface area contributed by atoms with E-state index in [1.165, 1.54) is 26.4 Å². The minimum atomic E-state index is -0.596. The monoisotopic (exact) mass is 269 g/mol. The van der Waals surface area contributed by atoms with Gasteiger partial charge < -0.3 is 14.8 Å². The molecule has 3 saturated carbocycles. The molecule has 1 amide bonds. The quantitative estimate of drug-likeness (QED) is 0.795. The molecule has 0 heterocycles. The van der Waals surface area contributed by atoms with E-state index in [-0.39, 0.29) is 5.41 Å². The van der Waals surface area contributed by atoms with Crippen molar-refractivity contribution in [1.29, 1.82) is 0 Å². The minimum absolute atomic E-state index is 0.262. The Balaban J connectivity index is 1.90. The lowest BCUT2D eigenvalue weighted by molar-refractivity contribution is -0.152. The van der Waals surface area contributed by atoms with E-state index in [2.05, 4.69) is 5.32 Å². The third-order valence-corrected chi connectivity index (χ3v) is 3.98. The average Bonchev–Trinajstić information content (AvgIpc) is 2.15. The Kier molecular flexibility index (Phi) is 3.49. The van der Waals surface area contributed by atoms with Crippen molar-refractivity contribution in [3.8, 4) is 0 Å². The van der Waals surface area contributed by atoms with Crippen molar-refractivity contribution in [3.05, 3.63) is 0 Å². The van der Waals surface area contributed by atoms with Gasteiger partial charge in [-0.05, 0) is 57.8 Å². The second kappa shape index (κ2) is 4.69. The first-order valence-electron chi connectivity index (χ1n) is 6.80. The highest BCUT2D eigenvalue weighted by Crippen LogP contribution is 2.66. The molecule has 108 valence electrons. The van der Waals surface area contributed by atoms with Gasteiger partial charge in [0.2, 0.25) is 0 Å². The molecular weight excluding hydrogens is 246 g/mol. The molecule has 0 aliphatic heterocycles. The molecule has 2 bridgehead atoms. The van der Waals surface area contributed by atoms with Crippen molar-refractivity contribution in [2.45, 2.75) is 58.1 Å². The van der Waals surface area contributed by atoms with E-state index in [4.69, 9.17) is 9.47 Å².